The molecule has 64 valence electrons. The average molecular weight is 229 g/mol. The molecule has 3 nitrogen and oxygen atoms in total. The van der Waals surface area contributed by atoms with Gasteiger partial charge in [-0.05, 0) is 28.1 Å². The van der Waals surface area contributed by atoms with Crippen molar-refractivity contribution >= 4 is 27.8 Å². The van der Waals surface area contributed by atoms with Crippen LogP contribution in [-0.2, 0) is 0 Å². The van der Waals surface area contributed by atoms with Crippen molar-refractivity contribution in [3.8, 4) is 5.75 Å². The maximum atomic E-state index is 7.07. The molecule has 0 bridgehead atoms. The monoisotopic (exact) mass is 228 g/mol. The first-order valence-corrected chi connectivity index (χ1v) is 4.12. The third kappa shape index (κ3) is 1.58. The first-order valence-electron chi connectivity index (χ1n) is 3.32. The van der Waals surface area contributed by atoms with Gasteiger partial charge in [0.15, 0.2) is 0 Å². The van der Waals surface area contributed by atoms with E-state index in [0.29, 0.717) is 17.0 Å². The molecular weight excluding hydrogens is 220 g/mol. The molecular formula is C8H9BrN2O. The first-order chi connectivity index (χ1) is 5.69. The van der Waals surface area contributed by atoms with E-state index >= 15 is 0 Å². The highest BCUT2D eigenvalue weighted by Crippen LogP contribution is 2.27. The summed E-state index contributed by atoms with van der Waals surface area (Å²) in [4.78, 5) is 0. The van der Waals surface area contributed by atoms with Crippen LogP contribution >= 0.6 is 15.9 Å². The zero-order chi connectivity index (χ0) is 9.14. The Kier molecular flexibility index (Phi) is 2.70. The summed E-state index contributed by atoms with van der Waals surface area (Å²) in [5, 5.41) is 7.07. The van der Waals surface area contributed by atoms with Gasteiger partial charge in [0.25, 0.3) is 0 Å². The Morgan fingerprint density at radius 1 is 1.58 bits per heavy atom. The van der Waals surface area contributed by atoms with Crippen LogP contribution in [0.25, 0.3) is 0 Å². The number of nitrogens with one attached hydrogen (secondary N) is 1. The van der Waals surface area contributed by atoms with Crippen molar-refractivity contribution in [2.75, 3.05) is 12.8 Å². The van der Waals surface area contributed by atoms with E-state index in [1.807, 2.05) is 0 Å². The number of nitrogen functional groups attached to an aromatic ring is 1. The molecule has 1 aromatic carbocycles. The normalized spacial score (nSPS) is 9.50. The Bertz CT molecular complexity index is 312. The van der Waals surface area contributed by atoms with E-state index in [4.69, 9.17) is 15.9 Å². The van der Waals surface area contributed by atoms with Crippen molar-refractivity contribution in [3.63, 3.8) is 0 Å². The minimum Gasteiger partial charge on any atom is -0.497 e. The van der Waals surface area contributed by atoms with Crippen LogP contribution in [0, 0.1) is 5.41 Å². The lowest BCUT2D eigenvalue weighted by atomic mass is 10.2. The summed E-state index contributed by atoms with van der Waals surface area (Å²) >= 11 is 3.27. The van der Waals surface area contributed by atoms with E-state index in [0.717, 1.165) is 4.47 Å². The van der Waals surface area contributed by atoms with Crippen LogP contribution in [-0.4, -0.2) is 13.3 Å². The van der Waals surface area contributed by atoms with Crippen LogP contribution in [0.5, 0.6) is 5.75 Å². The van der Waals surface area contributed by atoms with Gasteiger partial charge in [-0.2, -0.15) is 0 Å². The third-order valence-corrected chi connectivity index (χ3v) is 2.18. The van der Waals surface area contributed by atoms with Gasteiger partial charge in [0, 0.05) is 16.3 Å². The van der Waals surface area contributed by atoms with Crippen molar-refractivity contribution in [2.24, 2.45) is 0 Å². The van der Waals surface area contributed by atoms with E-state index in [1.54, 1.807) is 19.2 Å². The highest BCUT2D eigenvalue weighted by molar-refractivity contribution is 9.10. The second-order valence-electron chi connectivity index (χ2n) is 2.26. The number of methoxy groups -OCH3 is 1. The fourth-order valence-corrected chi connectivity index (χ4v) is 1.31. The van der Waals surface area contributed by atoms with Crippen LogP contribution in [0.2, 0.25) is 0 Å². The number of ether oxygens (including phenoxy) is 1. The molecule has 1 rings (SSSR count). The number of halogens is 1. The Morgan fingerprint density at radius 3 is 2.75 bits per heavy atom. The summed E-state index contributed by atoms with van der Waals surface area (Å²) in [6.45, 7) is 0. The van der Waals surface area contributed by atoms with E-state index in [1.165, 1.54) is 6.21 Å². The number of hydrogen-bond acceptors (Lipinski definition) is 3. The summed E-state index contributed by atoms with van der Waals surface area (Å²) < 4.78 is 5.75. The lowest BCUT2D eigenvalue weighted by Gasteiger charge is -2.05. The van der Waals surface area contributed by atoms with Gasteiger partial charge >= 0.3 is 0 Å². The van der Waals surface area contributed by atoms with Gasteiger partial charge in [-0.1, -0.05) is 0 Å². The molecule has 12 heavy (non-hydrogen) atoms. The first kappa shape index (κ1) is 9.06. The van der Waals surface area contributed by atoms with Crippen molar-refractivity contribution < 1.29 is 4.74 Å². The fraction of sp³-hybridized carbons (Fsp3) is 0.125. The molecule has 0 aromatic heterocycles. The van der Waals surface area contributed by atoms with Crippen LogP contribution in [0.4, 0.5) is 5.69 Å². The van der Waals surface area contributed by atoms with Crippen LogP contribution in [0.3, 0.4) is 0 Å². The molecule has 0 aliphatic carbocycles. The van der Waals surface area contributed by atoms with Crippen molar-refractivity contribution in [2.45, 2.75) is 0 Å². The van der Waals surface area contributed by atoms with E-state index in [2.05, 4.69) is 15.9 Å². The molecule has 4 heteroatoms. The largest absolute Gasteiger partial charge is 0.497 e. The standard InChI is InChI=1S/C8H9BrN2O/c1-12-6-2-5(4-10)8(11)7(9)3-6/h2-4,10H,11H2,1H3. The minimum atomic E-state index is 0.561. The van der Waals surface area contributed by atoms with Gasteiger partial charge in [-0.3, -0.25) is 0 Å². The maximum absolute atomic E-state index is 7.07. The van der Waals surface area contributed by atoms with Crippen LogP contribution < -0.4 is 10.5 Å². The van der Waals surface area contributed by atoms with Gasteiger partial charge in [-0.15, -0.1) is 0 Å². The second kappa shape index (κ2) is 3.58. The van der Waals surface area contributed by atoms with E-state index < -0.39 is 0 Å². The molecule has 0 amide bonds. The minimum absolute atomic E-state index is 0.561. The van der Waals surface area contributed by atoms with E-state index in [9.17, 15) is 0 Å². The molecule has 0 saturated carbocycles. The SMILES string of the molecule is COc1cc(Br)c(N)c(C=N)c1. The summed E-state index contributed by atoms with van der Waals surface area (Å²) in [6, 6.07) is 3.48. The lowest BCUT2D eigenvalue weighted by molar-refractivity contribution is 0.414. The molecule has 0 unspecified atom stereocenters. The molecule has 0 aliphatic heterocycles. The molecule has 0 radical (unpaired) electrons. The topological polar surface area (TPSA) is 59.1 Å². The van der Waals surface area contributed by atoms with Gasteiger partial charge in [0.2, 0.25) is 0 Å². The number of nitrogens with two attached hydrogens (primary N) is 1. The van der Waals surface area contributed by atoms with Crippen molar-refractivity contribution in [3.05, 3.63) is 22.2 Å². The summed E-state index contributed by atoms with van der Waals surface area (Å²) in [5.41, 5.74) is 6.88. The van der Waals surface area contributed by atoms with Gasteiger partial charge in [-0.25, -0.2) is 0 Å². The molecule has 0 saturated heterocycles. The lowest BCUT2D eigenvalue weighted by Crippen LogP contribution is -1.95. The van der Waals surface area contributed by atoms with Crippen LogP contribution in [0.15, 0.2) is 16.6 Å². The number of hydrogen-bond donors (Lipinski definition) is 2. The molecule has 0 fully saturated rings. The van der Waals surface area contributed by atoms with E-state index in [-0.39, 0.29) is 0 Å². The van der Waals surface area contributed by atoms with Crippen molar-refractivity contribution in [1.82, 2.24) is 0 Å². The third-order valence-electron chi connectivity index (χ3n) is 1.53. The molecule has 1 aromatic rings. The Morgan fingerprint density at radius 2 is 2.25 bits per heavy atom. The van der Waals surface area contributed by atoms with Gasteiger partial charge < -0.3 is 15.9 Å². The summed E-state index contributed by atoms with van der Waals surface area (Å²) in [7, 11) is 1.58. The Balaban J connectivity index is 3.28. The Hall–Kier alpha value is -1.03. The smallest absolute Gasteiger partial charge is 0.120 e. The molecule has 0 atom stereocenters. The quantitative estimate of drug-likeness (QED) is 0.602. The predicted molar refractivity (Wildman–Crippen MR) is 53.0 cm³/mol. The molecule has 0 heterocycles. The molecule has 3 N–H and O–H groups in total. The average Bonchev–Trinajstić information content (AvgIpc) is 2.09. The molecule has 0 aliphatic rings. The summed E-state index contributed by atoms with van der Waals surface area (Å²) in [5.74, 6) is 0.689. The number of benzene rings is 1. The predicted octanol–water partition coefficient (Wildman–Crippen LogP) is 2.04. The Labute approximate surface area is 79.2 Å². The number of anilines is 1. The highest BCUT2D eigenvalue weighted by atomic mass is 79.9. The van der Waals surface area contributed by atoms with Gasteiger partial charge in [0.05, 0.1) is 12.8 Å². The highest BCUT2D eigenvalue weighted by Gasteiger charge is 2.03. The maximum Gasteiger partial charge on any atom is 0.120 e. The molecule has 0 spiro atoms. The van der Waals surface area contributed by atoms with Crippen molar-refractivity contribution in [1.29, 1.82) is 5.41 Å². The van der Waals surface area contributed by atoms with Crippen LogP contribution in [0.1, 0.15) is 5.56 Å². The zero-order valence-corrected chi connectivity index (χ0v) is 8.18. The summed E-state index contributed by atoms with van der Waals surface area (Å²) in [6.07, 6.45) is 1.20. The zero-order valence-electron chi connectivity index (χ0n) is 6.60. The fourth-order valence-electron chi connectivity index (χ4n) is 0.850. The number of rotatable bonds is 2. The van der Waals surface area contributed by atoms with Gasteiger partial charge in [0.1, 0.15) is 5.75 Å². The second-order valence-corrected chi connectivity index (χ2v) is 3.11.